The van der Waals surface area contributed by atoms with Gasteiger partial charge in [0.1, 0.15) is 0 Å². The first kappa shape index (κ1) is 14.3. The molecule has 1 heterocycles. The van der Waals surface area contributed by atoms with E-state index < -0.39 is 0 Å². The van der Waals surface area contributed by atoms with Crippen molar-refractivity contribution in [3.8, 4) is 0 Å². The lowest BCUT2D eigenvalue weighted by Crippen LogP contribution is -2.22. The van der Waals surface area contributed by atoms with Crippen LogP contribution in [0, 0.1) is 11.8 Å². The molecule has 2 heteroatoms. The minimum absolute atomic E-state index is 0.664. The quantitative estimate of drug-likeness (QED) is 0.736. The van der Waals surface area contributed by atoms with E-state index in [0.717, 1.165) is 13.1 Å². The molecule has 0 saturated carbocycles. The van der Waals surface area contributed by atoms with Crippen LogP contribution in [0.15, 0.2) is 35.3 Å². The van der Waals surface area contributed by atoms with Gasteiger partial charge in [-0.1, -0.05) is 44.2 Å². The predicted octanol–water partition coefficient (Wildman–Crippen LogP) is 3.63. The molecular formula is C17H26N2. The van der Waals surface area contributed by atoms with Crippen molar-refractivity contribution in [1.29, 1.82) is 0 Å². The third kappa shape index (κ3) is 4.46. The second-order valence-electron chi connectivity index (χ2n) is 6.08. The van der Waals surface area contributed by atoms with Crippen LogP contribution < -0.4 is 0 Å². The molecule has 1 atom stereocenters. The van der Waals surface area contributed by atoms with Gasteiger partial charge in [-0.15, -0.1) is 0 Å². The molecule has 1 aromatic rings. The van der Waals surface area contributed by atoms with Crippen LogP contribution in [0.2, 0.25) is 0 Å². The van der Waals surface area contributed by atoms with E-state index in [1.54, 1.807) is 0 Å². The molecule has 104 valence electrons. The second kappa shape index (κ2) is 6.85. The Balaban J connectivity index is 1.84. The van der Waals surface area contributed by atoms with Crippen LogP contribution in [0.4, 0.5) is 0 Å². The average Bonchev–Trinajstić information content (AvgIpc) is 2.85. The van der Waals surface area contributed by atoms with E-state index in [0.29, 0.717) is 11.8 Å². The van der Waals surface area contributed by atoms with Crippen molar-refractivity contribution in [3.63, 3.8) is 0 Å². The highest BCUT2D eigenvalue weighted by atomic mass is 15.1. The van der Waals surface area contributed by atoms with Gasteiger partial charge in [0.2, 0.25) is 0 Å². The van der Waals surface area contributed by atoms with Crippen molar-refractivity contribution >= 4 is 5.71 Å². The number of likely N-dealkylation sites (tertiary alicyclic amines) is 1. The van der Waals surface area contributed by atoms with E-state index in [-0.39, 0.29) is 0 Å². The molecule has 1 aliphatic rings. The predicted molar refractivity (Wildman–Crippen MR) is 82.6 cm³/mol. The van der Waals surface area contributed by atoms with E-state index in [4.69, 9.17) is 4.99 Å². The maximum Gasteiger partial charge on any atom is 0.0411 e. The van der Waals surface area contributed by atoms with Gasteiger partial charge in [-0.05, 0) is 31.4 Å². The van der Waals surface area contributed by atoms with Crippen molar-refractivity contribution < 1.29 is 0 Å². The lowest BCUT2D eigenvalue weighted by atomic mass is 10.0. The van der Waals surface area contributed by atoms with Crippen molar-refractivity contribution in [1.82, 2.24) is 4.90 Å². The number of nitrogens with zero attached hydrogens (tertiary/aromatic N) is 2. The summed E-state index contributed by atoms with van der Waals surface area (Å²) in [7, 11) is 0. The largest absolute Gasteiger partial charge is 0.298 e. The standard InChI is InChI=1S/C17H26N2/c1-14(2)11-18-15(3)17-9-10-19(13-17)12-16-7-5-4-6-8-16/h4-8,14,17H,9-13H2,1-3H3. The molecular weight excluding hydrogens is 232 g/mol. The molecule has 1 aromatic carbocycles. The summed E-state index contributed by atoms with van der Waals surface area (Å²) in [5.41, 5.74) is 2.77. The van der Waals surface area contributed by atoms with Crippen molar-refractivity contribution in [2.75, 3.05) is 19.6 Å². The summed E-state index contributed by atoms with van der Waals surface area (Å²) in [6.07, 6.45) is 1.26. The van der Waals surface area contributed by atoms with Crippen LogP contribution in [-0.2, 0) is 6.54 Å². The Morgan fingerprint density at radius 1 is 1.32 bits per heavy atom. The third-order valence-corrected chi connectivity index (χ3v) is 3.82. The molecule has 0 spiro atoms. The molecule has 1 unspecified atom stereocenters. The Hall–Kier alpha value is -1.15. The van der Waals surface area contributed by atoms with Gasteiger partial charge in [0.15, 0.2) is 0 Å². The minimum atomic E-state index is 0.664. The van der Waals surface area contributed by atoms with Crippen LogP contribution in [0.25, 0.3) is 0 Å². The minimum Gasteiger partial charge on any atom is -0.298 e. The maximum atomic E-state index is 4.74. The van der Waals surface area contributed by atoms with Crippen LogP contribution >= 0.6 is 0 Å². The van der Waals surface area contributed by atoms with Gasteiger partial charge < -0.3 is 0 Å². The van der Waals surface area contributed by atoms with Gasteiger partial charge in [-0.2, -0.15) is 0 Å². The van der Waals surface area contributed by atoms with E-state index in [1.807, 2.05) is 0 Å². The molecule has 0 aliphatic carbocycles. The van der Waals surface area contributed by atoms with Crippen LogP contribution in [0.3, 0.4) is 0 Å². The maximum absolute atomic E-state index is 4.74. The second-order valence-corrected chi connectivity index (χ2v) is 6.08. The highest BCUT2D eigenvalue weighted by molar-refractivity contribution is 5.84. The van der Waals surface area contributed by atoms with E-state index in [2.05, 4.69) is 56.0 Å². The average molecular weight is 258 g/mol. The summed E-state index contributed by atoms with van der Waals surface area (Å²) in [4.78, 5) is 7.29. The molecule has 0 bridgehead atoms. The molecule has 0 aromatic heterocycles. The van der Waals surface area contributed by atoms with Crippen molar-refractivity contribution in [2.45, 2.75) is 33.7 Å². The Morgan fingerprint density at radius 3 is 2.74 bits per heavy atom. The molecule has 2 rings (SSSR count). The van der Waals surface area contributed by atoms with E-state index >= 15 is 0 Å². The third-order valence-electron chi connectivity index (χ3n) is 3.82. The zero-order valence-corrected chi connectivity index (χ0v) is 12.5. The highest BCUT2D eigenvalue weighted by Gasteiger charge is 2.24. The number of hydrogen-bond acceptors (Lipinski definition) is 2. The first-order valence-corrected chi connectivity index (χ1v) is 7.42. The first-order valence-electron chi connectivity index (χ1n) is 7.42. The van der Waals surface area contributed by atoms with Gasteiger partial charge in [0.05, 0.1) is 0 Å². The molecule has 1 saturated heterocycles. The molecule has 0 radical (unpaired) electrons. The molecule has 0 amide bonds. The monoisotopic (exact) mass is 258 g/mol. The summed E-state index contributed by atoms with van der Waals surface area (Å²) < 4.78 is 0. The van der Waals surface area contributed by atoms with Gasteiger partial charge in [-0.3, -0.25) is 9.89 Å². The van der Waals surface area contributed by atoms with Gasteiger partial charge in [-0.25, -0.2) is 0 Å². The summed E-state index contributed by atoms with van der Waals surface area (Å²) in [5.74, 6) is 1.33. The highest BCUT2D eigenvalue weighted by Crippen LogP contribution is 2.20. The SMILES string of the molecule is CC(=NCC(C)C)C1CCN(Cc2ccccc2)C1. The number of rotatable bonds is 5. The first-order chi connectivity index (χ1) is 9.15. The number of aliphatic imine (C=N–C) groups is 1. The van der Waals surface area contributed by atoms with E-state index in [1.165, 1.54) is 30.8 Å². The zero-order valence-electron chi connectivity index (χ0n) is 12.5. The number of benzene rings is 1. The summed E-state index contributed by atoms with van der Waals surface area (Å²) in [6, 6.07) is 10.8. The smallest absolute Gasteiger partial charge is 0.0411 e. The Bertz CT molecular complexity index is 409. The zero-order chi connectivity index (χ0) is 13.7. The van der Waals surface area contributed by atoms with Gasteiger partial charge in [0, 0.05) is 31.3 Å². The molecule has 19 heavy (non-hydrogen) atoms. The summed E-state index contributed by atoms with van der Waals surface area (Å²) in [5, 5.41) is 0. The van der Waals surface area contributed by atoms with Gasteiger partial charge >= 0.3 is 0 Å². The molecule has 0 N–H and O–H groups in total. The fourth-order valence-electron chi connectivity index (χ4n) is 2.61. The summed E-state index contributed by atoms with van der Waals surface area (Å²) in [6.45, 7) is 11.1. The van der Waals surface area contributed by atoms with E-state index in [9.17, 15) is 0 Å². The topological polar surface area (TPSA) is 15.6 Å². The Morgan fingerprint density at radius 2 is 2.05 bits per heavy atom. The number of hydrogen-bond donors (Lipinski definition) is 0. The molecule has 1 fully saturated rings. The lowest BCUT2D eigenvalue weighted by molar-refractivity contribution is 0.326. The molecule has 1 aliphatic heterocycles. The van der Waals surface area contributed by atoms with Crippen LogP contribution in [0.1, 0.15) is 32.8 Å². The normalized spacial score (nSPS) is 21.3. The Kier molecular flexibility index (Phi) is 5.15. The van der Waals surface area contributed by atoms with Crippen molar-refractivity contribution in [2.24, 2.45) is 16.8 Å². The summed E-state index contributed by atoms with van der Waals surface area (Å²) >= 11 is 0. The molecule has 2 nitrogen and oxygen atoms in total. The van der Waals surface area contributed by atoms with Gasteiger partial charge in [0.25, 0.3) is 0 Å². The lowest BCUT2D eigenvalue weighted by Gasteiger charge is -2.16. The van der Waals surface area contributed by atoms with Crippen molar-refractivity contribution in [3.05, 3.63) is 35.9 Å². The van der Waals surface area contributed by atoms with Crippen LogP contribution in [-0.4, -0.2) is 30.2 Å². The Labute approximate surface area is 117 Å². The fraction of sp³-hybridized carbons (Fsp3) is 0.588. The van der Waals surface area contributed by atoms with Crippen LogP contribution in [0.5, 0.6) is 0 Å². The fourth-order valence-corrected chi connectivity index (χ4v) is 2.61.